The fourth-order valence-corrected chi connectivity index (χ4v) is 4.50. The smallest absolute Gasteiger partial charge is 0.272 e. The fourth-order valence-electron chi connectivity index (χ4n) is 4.50. The second kappa shape index (κ2) is 10.2. The van der Waals surface area contributed by atoms with Crippen LogP contribution in [0.2, 0.25) is 0 Å². The summed E-state index contributed by atoms with van der Waals surface area (Å²) in [6.45, 7) is 4.96. The molecule has 2 fully saturated rings. The second-order valence-electron chi connectivity index (χ2n) is 8.23. The monoisotopic (exact) mass is 470 g/mol. The standard InChI is InChI=1S/C23H30N6O5/c1-3-27(16-8-10-26(11-9-16)28-12-13-34-15-21(28)30)23(32)20-14-19(22(24)31)25-29(20)17-4-6-18(33-2)7-5-17/h4-7,14,16H,3,8-13,15H2,1-2H3,(H2,24,31). The van der Waals surface area contributed by atoms with E-state index in [0.29, 0.717) is 44.2 Å². The molecule has 0 atom stereocenters. The number of morpholine rings is 1. The summed E-state index contributed by atoms with van der Waals surface area (Å²) in [6, 6.07) is 8.49. The van der Waals surface area contributed by atoms with E-state index in [2.05, 4.69) is 5.10 Å². The Kier molecular flexibility index (Phi) is 7.13. The van der Waals surface area contributed by atoms with E-state index in [1.54, 1.807) is 41.3 Å². The van der Waals surface area contributed by atoms with Crippen LogP contribution in [0.15, 0.2) is 30.3 Å². The van der Waals surface area contributed by atoms with Gasteiger partial charge in [0.05, 0.1) is 25.9 Å². The van der Waals surface area contributed by atoms with Gasteiger partial charge in [0.1, 0.15) is 18.1 Å². The molecule has 1 aromatic heterocycles. The van der Waals surface area contributed by atoms with Gasteiger partial charge in [0.25, 0.3) is 17.7 Å². The lowest BCUT2D eigenvalue weighted by molar-refractivity contribution is -0.168. The van der Waals surface area contributed by atoms with Crippen molar-refractivity contribution in [1.82, 2.24) is 24.7 Å². The van der Waals surface area contributed by atoms with E-state index in [1.807, 2.05) is 11.9 Å². The minimum Gasteiger partial charge on any atom is -0.497 e. The number of piperidine rings is 1. The number of rotatable bonds is 7. The molecule has 3 heterocycles. The lowest BCUT2D eigenvalue weighted by Crippen LogP contribution is -2.57. The Bertz CT molecular complexity index is 1040. The van der Waals surface area contributed by atoms with Crippen molar-refractivity contribution in [1.29, 1.82) is 0 Å². The molecule has 3 amide bonds. The predicted molar refractivity (Wildman–Crippen MR) is 122 cm³/mol. The zero-order valence-electron chi connectivity index (χ0n) is 19.5. The number of carbonyl (C=O) groups is 3. The van der Waals surface area contributed by atoms with Gasteiger partial charge in [-0.1, -0.05) is 0 Å². The first-order chi connectivity index (χ1) is 16.4. The van der Waals surface area contributed by atoms with Crippen molar-refractivity contribution >= 4 is 17.7 Å². The first-order valence-corrected chi connectivity index (χ1v) is 11.4. The number of primary amides is 1. The minimum absolute atomic E-state index is 0.00105. The zero-order valence-corrected chi connectivity index (χ0v) is 19.5. The van der Waals surface area contributed by atoms with Crippen LogP contribution in [0.3, 0.4) is 0 Å². The molecule has 0 aliphatic carbocycles. The lowest BCUT2D eigenvalue weighted by atomic mass is 10.0. The highest BCUT2D eigenvalue weighted by Crippen LogP contribution is 2.23. The van der Waals surface area contributed by atoms with Crippen molar-refractivity contribution in [2.45, 2.75) is 25.8 Å². The van der Waals surface area contributed by atoms with Gasteiger partial charge in [-0.2, -0.15) is 5.10 Å². The van der Waals surface area contributed by atoms with Crippen molar-refractivity contribution < 1.29 is 23.9 Å². The Morgan fingerprint density at radius 3 is 2.50 bits per heavy atom. The Balaban J connectivity index is 1.53. The number of hydrazine groups is 1. The van der Waals surface area contributed by atoms with E-state index in [0.717, 1.165) is 12.8 Å². The van der Waals surface area contributed by atoms with Crippen LogP contribution in [0.25, 0.3) is 5.69 Å². The molecule has 11 nitrogen and oxygen atoms in total. The van der Waals surface area contributed by atoms with Crippen LogP contribution in [-0.2, 0) is 9.53 Å². The van der Waals surface area contributed by atoms with Crippen LogP contribution in [0.4, 0.5) is 0 Å². The van der Waals surface area contributed by atoms with Gasteiger partial charge >= 0.3 is 0 Å². The lowest BCUT2D eigenvalue weighted by Gasteiger charge is -2.43. The first kappa shape index (κ1) is 23.7. The number of hydrogen-bond acceptors (Lipinski definition) is 7. The summed E-state index contributed by atoms with van der Waals surface area (Å²) in [5, 5.41) is 8.10. The third-order valence-corrected chi connectivity index (χ3v) is 6.28. The Labute approximate surface area is 197 Å². The predicted octanol–water partition coefficient (Wildman–Crippen LogP) is 0.680. The SMILES string of the molecule is CCN(C(=O)c1cc(C(N)=O)nn1-c1ccc(OC)cc1)C1CCN(N2CCOCC2=O)CC1. The number of ether oxygens (including phenoxy) is 2. The number of nitrogens with two attached hydrogens (primary N) is 1. The molecule has 0 spiro atoms. The van der Waals surface area contributed by atoms with Crippen LogP contribution < -0.4 is 10.5 Å². The van der Waals surface area contributed by atoms with E-state index in [9.17, 15) is 14.4 Å². The molecule has 1 aromatic carbocycles. The summed E-state index contributed by atoms with van der Waals surface area (Å²) in [7, 11) is 1.57. The summed E-state index contributed by atoms with van der Waals surface area (Å²) in [5.74, 6) is -0.290. The number of amides is 3. The van der Waals surface area contributed by atoms with Crippen molar-refractivity contribution in [3.05, 3.63) is 41.7 Å². The van der Waals surface area contributed by atoms with Crippen molar-refractivity contribution in [3.8, 4) is 11.4 Å². The molecule has 34 heavy (non-hydrogen) atoms. The average Bonchev–Trinajstić information content (AvgIpc) is 3.31. The largest absolute Gasteiger partial charge is 0.497 e. The van der Waals surface area contributed by atoms with Gasteiger partial charge in [0, 0.05) is 31.7 Å². The maximum absolute atomic E-state index is 13.7. The molecular weight excluding hydrogens is 440 g/mol. The summed E-state index contributed by atoms with van der Waals surface area (Å²) < 4.78 is 11.9. The summed E-state index contributed by atoms with van der Waals surface area (Å²) in [6.07, 6.45) is 1.45. The van der Waals surface area contributed by atoms with Crippen LogP contribution in [0, 0.1) is 0 Å². The number of benzene rings is 1. The van der Waals surface area contributed by atoms with E-state index in [1.165, 1.54) is 10.7 Å². The Hall–Kier alpha value is -3.44. The van der Waals surface area contributed by atoms with Crippen LogP contribution in [0.5, 0.6) is 5.75 Å². The van der Waals surface area contributed by atoms with E-state index in [4.69, 9.17) is 15.2 Å². The van der Waals surface area contributed by atoms with Crippen LogP contribution in [0.1, 0.15) is 40.7 Å². The van der Waals surface area contributed by atoms with Gasteiger partial charge in [0.15, 0.2) is 5.69 Å². The molecule has 182 valence electrons. The molecule has 2 aromatic rings. The average molecular weight is 471 g/mol. The molecule has 0 radical (unpaired) electrons. The van der Waals surface area contributed by atoms with Gasteiger partial charge < -0.3 is 20.1 Å². The molecular formula is C23H30N6O5. The van der Waals surface area contributed by atoms with Crippen LogP contribution in [-0.4, -0.2) is 95.0 Å². The van der Waals surface area contributed by atoms with Crippen molar-refractivity contribution in [2.24, 2.45) is 5.73 Å². The summed E-state index contributed by atoms with van der Waals surface area (Å²) >= 11 is 0. The molecule has 11 heteroatoms. The maximum atomic E-state index is 13.7. The van der Waals surface area contributed by atoms with Crippen molar-refractivity contribution in [2.75, 3.05) is 46.5 Å². The highest BCUT2D eigenvalue weighted by Gasteiger charge is 2.33. The highest BCUT2D eigenvalue weighted by molar-refractivity contribution is 5.98. The number of methoxy groups -OCH3 is 1. The number of nitrogens with zero attached hydrogens (tertiary/aromatic N) is 5. The molecule has 0 saturated carbocycles. The molecule has 2 aliphatic heterocycles. The third-order valence-electron chi connectivity index (χ3n) is 6.28. The maximum Gasteiger partial charge on any atom is 0.272 e. The fraction of sp³-hybridized carbons (Fsp3) is 0.478. The van der Waals surface area contributed by atoms with Gasteiger partial charge in [-0.3, -0.25) is 19.4 Å². The number of hydrogen-bond donors (Lipinski definition) is 1. The normalized spacial score (nSPS) is 17.6. The molecule has 0 bridgehead atoms. The minimum atomic E-state index is -0.701. The molecule has 2 aliphatic rings. The van der Waals surface area contributed by atoms with E-state index < -0.39 is 5.91 Å². The third kappa shape index (κ3) is 4.75. The Morgan fingerprint density at radius 1 is 1.21 bits per heavy atom. The topological polar surface area (TPSA) is 123 Å². The van der Waals surface area contributed by atoms with Gasteiger partial charge in [-0.25, -0.2) is 9.69 Å². The molecule has 2 N–H and O–H groups in total. The number of aromatic nitrogens is 2. The first-order valence-electron chi connectivity index (χ1n) is 11.4. The highest BCUT2D eigenvalue weighted by atomic mass is 16.5. The quantitative estimate of drug-likeness (QED) is 0.631. The van der Waals surface area contributed by atoms with Crippen molar-refractivity contribution in [3.63, 3.8) is 0 Å². The summed E-state index contributed by atoms with van der Waals surface area (Å²) in [5.41, 5.74) is 6.38. The number of carbonyl (C=O) groups excluding carboxylic acids is 3. The van der Waals surface area contributed by atoms with E-state index in [-0.39, 0.29) is 35.9 Å². The molecule has 4 rings (SSSR count). The van der Waals surface area contributed by atoms with Gasteiger partial charge in [0.2, 0.25) is 0 Å². The van der Waals surface area contributed by atoms with Gasteiger partial charge in [-0.05, 0) is 44.0 Å². The zero-order chi connectivity index (χ0) is 24.2. The van der Waals surface area contributed by atoms with Gasteiger partial charge in [-0.15, -0.1) is 0 Å². The van der Waals surface area contributed by atoms with E-state index >= 15 is 0 Å². The Morgan fingerprint density at radius 2 is 1.91 bits per heavy atom. The van der Waals surface area contributed by atoms with Crippen LogP contribution >= 0.6 is 0 Å². The second-order valence-corrected chi connectivity index (χ2v) is 8.23. The molecule has 2 saturated heterocycles. The molecule has 0 unspecified atom stereocenters. The summed E-state index contributed by atoms with van der Waals surface area (Å²) in [4.78, 5) is 39.5.